The van der Waals surface area contributed by atoms with Crippen LogP contribution in [0.25, 0.3) is 11.4 Å². The third kappa shape index (κ3) is 4.29. The highest BCUT2D eigenvalue weighted by molar-refractivity contribution is 5.92. The largest absolute Gasteiger partial charge is 0.497 e. The third-order valence-corrected chi connectivity index (χ3v) is 4.97. The minimum Gasteiger partial charge on any atom is -0.497 e. The van der Waals surface area contributed by atoms with Gasteiger partial charge in [0.15, 0.2) is 0 Å². The van der Waals surface area contributed by atoms with Crippen molar-refractivity contribution in [2.24, 2.45) is 0 Å². The van der Waals surface area contributed by atoms with E-state index in [1.54, 1.807) is 20.1 Å². The first kappa shape index (κ1) is 19.1. The van der Waals surface area contributed by atoms with Gasteiger partial charge in [0, 0.05) is 18.3 Å². The lowest BCUT2D eigenvalue weighted by Crippen LogP contribution is -2.32. The molecule has 4 rings (SSSR count). The van der Waals surface area contributed by atoms with Gasteiger partial charge in [-0.1, -0.05) is 17.3 Å². The van der Waals surface area contributed by atoms with Crippen molar-refractivity contribution in [1.29, 1.82) is 0 Å². The van der Waals surface area contributed by atoms with Crippen LogP contribution in [0.4, 0.5) is 0 Å². The van der Waals surface area contributed by atoms with E-state index in [1.165, 1.54) is 0 Å². The number of nitrogens with one attached hydrogen (secondary N) is 2. The fourth-order valence-corrected chi connectivity index (χ4v) is 3.34. The summed E-state index contributed by atoms with van der Waals surface area (Å²) in [4.78, 5) is 17.0. The molecule has 1 saturated heterocycles. The molecule has 2 N–H and O–H groups in total. The molecule has 152 valence electrons. The topological polar surface area (TPSA) is 107 Å². The number of benzene rings is 1. The summed E-state index contributed by atoms with van der Waals surface area (Å²) in [6.07, 6.45) is 4.02. The zero-order chi connectivity index (χ0) is 20.2. The van der Waals surface area contributed by atoms with E-state index >= 15 is 0 Å². The van der Waals surface area contributed by atoms with Gasteiger partial charge in [-0.25, -0.2) is 0 Å². The van der Waals surface area contributed by atoms with Crippen molar-refractivity contribution < 1.29 is 14.1 Å². The lowest BCUT2D eigenvalue weighted by atomic mass is 10.1. The minimum atomic E-state index is -0.448. The normalized spacial score (nSPS) is 17.7. The number of hydrogen-bond donors (Lipinski definition) is 2. The molecule has 1 aliphatic heterocycles. The van der Waals surface area contributed by atoms with Crippen LogP contribution in [-0.4, -0.2) is 46.0 Å². The monoisotopic (exact) mass is 396 g/mol. The summed E-state index contributed by atoms with van der Waals surface area (Å²) in [6, 6.07) is 8.95. The Morgan fingerprint density at radius 2 is 2.31 bits per heavy atom. The quantitative estimate of drug-likeness (QED) is 0.659. The van der Waals surface area contributed by atoms with Gasteiger partial charge in [-0.3, -0.25) is 9.48 Å². The maximum atomic E-state index is 12.6. The van der Waals surface area contributed by atoms with Gasteiger partial charge >= 0.3 is 0 Å². The number of aromatic nitrogens is 4. The Bertz CT molecular complexity index is 976. The smallest absolute Gasteiger partial charge is 0.272 e. The van der Waals surface area contributed by atoms with Crippen molar-refractivity contribution >= 4 is 5.91 Å². The molecule has 3 heterocycles. The lowest BCUT2D eigenvalue weighted by Gasteiger charge is -2.22. The van der Waals surface area contributed by atoms with Gasteiger partial charge in [0.2, 0.25) is 11.7 Å². The average molecular weight is 396 g/mol. The Labute approximate surface area is 168 Å². The van der Waals surface area contributed by atoms with Gasteiger partial charge in [-0.05, 0) is 44.5 Å². The van der Waals surface area contributed by atoms with Crippen molar-refractivity contribution in [3.8, 4) is 17.1 Å². The molecule has 0 saturated carbocycles. The SMILES string of the molecule is COc1cccc(-c2noc(C(C)NC(=O)c3ccn(C4CCCNC4)n3)n2)c1. The molecule has 0 bridgehead atoms. The van der Waals surface area contributed by atoms with Crippen LogP contribution >= 0.6 is 0 Å². The second-order valence-corrected chi connectivity index (χ2v) is 7.06. The number of carbonyl (C=O) groups is 1. The zero-order valence-corrected chi connectivity index (χ0v) is 16.5. The summed E-state index contributed by atoms with van der Waals surface area (Å²) < 4.78 is 12.4. The van der Waals surface area contributed by atoms with Gasteiger partial charge in [-0.15, -0.1) is 0 Å². The molecule has 0 spiro atoms. The number of carbonyl (C=O) groups excluding carboxylic acids is 1. The number of piperidine rings is 1. The summed E-state index contributed by atoms with van der Waals surface area (Å²) >= 11 is 0. The summed E-state index contributed by atoms with van der Waals surface area (Å²) in [6.45, 7) is 3.70. The summed E-state index contributed by atoms with van der Waals surface area (Å²) in [5.74, 6) is 1.20. The van der Waals surface area contributed by atoms with E-state index in [0.29, 0.717) is 23.2 Å². The molecule has 9 nitrogen and oxygen atoms in total. The molecule has 2 atom stereocenters. The molecule has 2 aromatic heterocycles. The highest BCUT2D eigenvalue weighted by Gasteiger charge is 2.21. The van der Waals surface area contributed by atoms with Crippen molar-refractivity contribution in [1.82, 2.24) is 30.6 Å². The molecule has 3 aromatic rings. The first-order valence-corrected chi connectivity index (χ1v) is 9.69. The van der Waals surface area contributed by atoms with Crippen LogP contribution in [0.15, 0.2) is 41.1 Å². The maximum absolute atomic E-state index is 12.6. The molecule has 2 unspecified atom stereocenters. The van der Waals surface area contributed by atoms with E-state index in [1.807, 2.05) is 35.1 Å². The predicted octanol–water partition coefficient (Wildman–Crippen LogP) is 2.36. The molecule has 29 heavy (non-hydrogen) atoms. The number of methoxy groups -OCH3 is 1. The summed E-state index contributed by atoms with van der Waals surface area (Å²) in [5, 5.41) is 14.7. The summed E-state index contributed by atoms with van der Waals surface area (Å²) in [5.41, 5.74) is 1.15. The highest BCUT2D eigenvalue weighted by Crippen LogP contribution is 2.23. The molecular weight excluding hydrogens is 372 g/mol. The maximum Gasteiger partial charge on any atom is 0.272 e. The highest BCUT2D eigenvalue weighted by atomic mass is 16.5. The van der Waals surface area contributed by atoms with Gasteiger partial charge in [0.25, 0.3) is 5.91 Å². The second kappa shape index (κ2) is 8.44. The molecular formula is C20H24N6O3. The molecule has 1 aliphatic rings. The van der Waals surface area contributed by atoms with Crippen LogP contribution in [0.2, 0.25) is 0 Å². The van der Waals surface area contributed by atoms with E-state index in [-0.39, 0.29) is 11.9 Å². The Hall–Kier alpha value is -3.20. The van der Waals surface area contributed by atoms with E-state index in [2.05, 4.69) is 25.9 Å². The Kier molecular flexibility index (Phi) is 5.57. The van der Waals surface area contributed by atoms with E-state index in [9.17, 15) is 4.79 Å². The first-order chi connectivity index (χ1) is 14.1. The van der Waals surface area contributed by atoms with Gasteiger partial charge in [0.1, 0.15) is 17.5 Å². The van der Waals surface area contributed by atoms with Crippen molar-refractivity contribution in [3.63, 3.8) is 0 Å². The van der Waals surface area contributed by atoms with Gasteiger partial charge in [0.05, 0.1) is 13.2 Å². The Morgan fingerprint density at radius 3 is 3.10 bits per heavy atom. The van der Waals surface area contributed by atoms with Crippen LogP contribution in [0.1, 0.15) is 48.2 Å². The van der Waals surface area contributed by atoms with Gasteiger partial charge < -0.3 is 19.9 Å². The molecule has 0 aliphatic carbocycles. The molecule has 9 heteroatoms. The van der Waals surface area contributed by atoms with Crippen molar-refractivity contribution in [2.75, 3.05) is 20.2 Å². The molecule has 1 amide bonds. The fourth-order valence-electron chi connectivity index (χ4n) is 3.34. The number of ether oxygens (including phenoxy) is 1. The molecule has 1 aromatic carbocycles. The number of hydrogen-bond acceptors (Lipinski definition) is 7. The number of nitrogens with zero attached hydrogens (tertiary/aromatic N) is 4. The zero-order valence-electron chi connectivity index (χ0n) is 16.5. The van der Waals surface area contributed by atoms with Crippen LogP contribution in [0, 0.1) is 0 Å². The van der Waals surface area contributed by atoms with Crippen LogP contribution in [-0.2, 0) is 0 Å². The van der Waals surface area contributed by atoms with Crippen molar-refractivity contribution in [3.05, 3.63) is 48.1 Å². The van der Waals surface area contributed by atoms with E-state index in [4.69, 9.17) is 9.26 Å². The average Bonchev–Trinajstić information content (AvgIpc) is 3.45. The van der Waals surface area contributed by atoms with Gasteiger partial charge in [-0.2, -0.15) is 10.1 Å². The molecule has 0 radical (unpaired) electrons. The van der Waals surface area contributed by atoms with E-state index < -0.39 is 6.04 Å². The van der Waals surface area contributed by atoms with Crippen LogP contribution in [0.3, 0.4) is 0 Å². The Balaban J connectivity index is 1.41. The predicted molar refractivity (Wildman–Crippen MR) is 106 cm³/mol. The van der Waals surface area contributed by atoms with E-state index in [0.717, 1.165) is 31.5 Å². The second-order valence-electron chi connectivity index (χ2n) is 7.06. The minimum absolute atomic E-state index is 0.277. The number of amides is 1. The van der Waals surface area contributed by atoms with Crippen LogP contribution < -0.4 is 15.4 Å². The van der Waals surface area contributed by atoms with Crippen molar-refractivity contribution in [2.45, 2.75) is 31.8 Å². The Morgan fingerprint density at radius 1 is 1.41 bits per heavy atom. The third-order valence-electron chi connectivity index (χ3n) is 4.97. The van der Waals surface area contributed by atoms with Crippen LogP contribution in [0.5, 0.6) is 5.75 Å². The summed E-state index contributed by atoms with van der Waals surface area (Å²) in [7, 11) is 1.60. The lowest BCUT2D eigenvalue weighted by molar-refractivity contribution is 0.0926. The number of rotatable bonds is 6. The first-order valence-electron chi connectivity index (χ1n) is 9.69. The standard InChI is InChI=1S/C20H24N6O3/c1-13(20-23-18(25-29-20)14-5-3-7-16(11-14)28-2)22-19(27)17-8-10-26(24-17)15-6-4-9-21-12-15/h3,5,7-8,10-11,13,15,21H,4,6,9,12H2,1-2H3,(H,22,27). The molecule has 1 fully saturated rings. The fraction of sp³-hybridized carbons (Fsp3) is 0.400.